The van der Waals surface area contributed by atoms with E-state index in [4.69, 9.17) is 4.74 Å². The molecule has 0 aliphatic heterocycles. The molecule has 0 saturated carbocycles. The number of thiazole rings is 2. The number of rotatable bonds is 6. The highest BCUT2D eigenvalue weighted by Crippen LogP contribution is 2.24. The largest absolute Gasteiger partial charge is 0.462 e. The molecule has 1 atom stereocenters. The molecule has 7 nitrogen and oxygen atoms in total. The van der Waals surface area contributed by atoms with Crippen molar-refractivity contribution in [2.45, 2.75) is 40.3 Å². The van der Waals surface area contributed by atoms with E-state index in [2.05, 4.69) is 25.6 Å². The summed E-state index contributed by atoms with van der Waals surface area (Å²) in [5.41, 5.74) is 0.690. The fourth-order valence-electron chi connectivity index (χ4n) is 2.11. The van der Waals surface area contributed by atoms with Gasteiger partial charge < -0.3 is 15.4 Å². The summed E-state index contributed by atoms with van der Waals surface area (Å²) in [5, 5.41) is 8.41. The van der Waals surface area contributed by atoms with Gasteiger partial charge in [-0.25, -0.2) is 14.8 Å². The molecule has 0 aliphatic carbocycles. The topological polar surface area (TPSA) is 88.5 Å². The number of aliphatic imine (C=N–C) groups is 1. The van der Waals surface area contributed by atoms with E-state index in [0.717, 1.165) is 14.9 Å². The van der Waals surface area contributed by atoms with Crippen LogP contribution in [0.1, 0.15) is 50.1 Å². The molecular weight excluding hydrogens is 485 g/mol. The van der Waals surface area contributed by atoms with E-state index in [0.29, 0.717) is 29.7 Å². The fourth-order valence-corrected chi connectivity index (χ4v) is 3.81. The number of nitrogens with zero attached hydrogens (tertiary/aromatic N) is 3. The molecular formula is C16H24IN5O2S2. The summed E-state index contributed by atoms with van der Waals surface area (Å²) in [4.78, 5) is 26.6. The van der Waals surface area contributed by atoms with E-state index >= 15 is 0 Å². The van der Waals surface area contributed by atoms with Gasteiger partial charge >= 0.3 is 5.97 Å². The van der Waals surface area contributed by atoms with Gasteiger partial charge in [-0.2, -0.15) is 0 Å². The van der Waals surface area contributed by atoms with Gasteiger partial charge in [0.2, 0.25) is 0 Å². The Morgan fingerprint density at radius 2 is 2.12 bits per heavy atom. The number of carbonyl (C=O) groups is 1. The van der Waals surface area contributed by atoms with Gasteiger partial charge in [0.25, 0.3) is 0 Å². The average molecular weight is 509 g/mol. The Kier molecular flexibility index (Phi) is 9.44. The van der Waals surface area contributed by atoms with Crippen LogP contribution in [0.25, 0.3) is 0 Å². The third kappa shape index (κ3) is 6.16. The molecule has 2 aromatic rings. The van der Waals surface area contributed by atoms with E-state index in [1.165, 1.54) is 11.3 Å². The minimum Gasteiger partial charge on any atom is -0.462 e. The molecule has 0 spiro atoms. The summed E-state index contributed by atoms with van der Waals surface area (Å²) in [6.45, 7) is 8.58. The standard InChI is InChI=1S/C16H23N5O2S2.HI/c1-6-23-15(22)13-9(2)20-14(25-13)10(3)21-16(17-5)19-8-12-7-18-11(4)24-12;/h7,10H,6,8H2,1-5H3,(H2,17,19,21);1H. The van der Waals surface area contributed by atoms with Gasteiger partial charge in [0, 0.05) is 18.1 Å². The van der Waals surface area contributed by atoms with Crippen molar-refractivity contribution in [3.63, 3.8) is 0 Å². The lowest BCUT2D eigenvalue weighted by Crippen LogP contribution is -2.38. The zero-order chi connectivity index (χ0) is 18.4. The molecule has 2 aromatic heterocycles. The van der Waals surface area contributed by atoms with E-state index < -0.39 is 0 Å². The number of carbonyl (C=O) groups excluding carboxylic acids is 1. The lowest BCUT2D eigenvalue weighted by molar-refractivity contribution is 0.0531. The zero-order valence-corrected chi connectivity index (χ0v) is 19.4. The molecule has 2 N–H and O–H groups in total. The summed E-state index contributed by atoms with van der Waals surface area (Å²) in [6, 6.07) is -0.0822. The minimum absolute atomic E-state index is 0. The van der Waals surface area contributed by atoms with Crippen LogP contribution < -0.4 is 10.6 Å². The van der Waals surface area contributed by atoms with Crippen molar-refractivity contribution in [3.05, 3.63) is 31.7 Å². The van der Waals surface area contributed by atoms with Crippen molar-refractivity contribution >= 4 is 58.6 Å². The second-order valence-electron chi connectivity index (χ2n) is 5.32. The minimum atomic E-state index is -0.320. The Hall–Kier alpha value is -1.27. The van der Waals surface area contributed by atoms with Gasteiger partial charge in [0.1, 0.15) is 9.88 Å². The average Bonchev–Trinajstić information content (AvgIpc) is 3.17. The van der Waals surface area contributed by atoms with Gasteiger partial charge in [0.15, 0.2) is 5.96 Å². The molecule has 10 heteroatoms. The van der Waals surface area contributed by atoms with Crippen LogP contribution in [0.5, 0.6) is 0 Å². The second kappa shape index (κ2) is 10.8. The van der Waals surface area contributed by atoms with Gasteiger partial charge in [-0.1, -0.05) is 0 Å². The maximum absolute atomic E-state index is 11.9. The first kappa shape index (κ1) is 22.8. The Labute approximate surface area is 178 Å². The summed E-state index contributed by atoms with van der Waals surface area (Å²) in [5.74, 6) is 0.350. The predicted octanol–water partition coefficient (Wildman–Crippen LogP) is 3.44. The lowest BCUT2D eigenvalue weighted by atomic mass is 10.3. The molecule has 144 valence electrons. The molecule has 0 amide bonds. The third-order valence-corrected chi connectivity index (χ3v) is 5.55. The summed E-state index contributed by atoms with van der Waals surface area (Å²) >= 11 is 3.00. The quantitative estimate of drug-likeness (QED) is 0.269. The van der Waals surface area contributed by atoms with Crippen LogP contribution in [0.3, 0.4) is 0 Å². The van der Waals surface area contributed by atoms with Gasteiger partial charge in [-0.05, 0) is 27.7 Å². The fraction of sp³-hybridized carbons (Fsp3) is 0.500. The maximum atomic E-state index is 11.9. The summed E-state index contributed by atoms with van der Waals surface area (Å²) in [6.07, 6.45) is 1.86. The number of guanidine groups is 1. The molecule has 1 unspecified atom stereocenters. The van der Waals surface area contributed by atoms with Crippen molar-refractivity contribution < 1.29 is 9.53 Å². The Balaban J connectivity index is 0.00000338. The number of aromatic nitrogens is 2. The summed E-state index contributed by atoms with van der Waals surface area (Å²) < 4.78 is 5.06. The van der Waals surface area contributed by atoms with Crippen molar-refractivity contribution in [3.8, 4) is 0 Å². The first-order valence-electron chi connectivity index (χ1n) is 7.97. The molecule has 0 fully saturated rings. The van der Waals surface area contributed by atoms with Crippen LogP contribution in [0.2, 0.25) is 0 Å². The highest BCUT2D eigenvalue weighted by Gasteiger charge is 2.20. The normalized spacial score (nSPS) is 12.3. The molecule has 0 radical (unpaired) electrons. The Morgan fingerprint density at radius 3 is 2.69 bits per heavy atom. The number of halogens is 1. The Morgan fingerprint density at radius 1 is 1.38 bits per heavy atom. The van der Waals surface area contributed by atoms with Crippen LogP contribution in [0, 0.1) is 13.8 Å². The molecule has 0 aromatic carbocycles. The van der Waals surface area contributed by atoms with E-state index in [-0.39, 0.29) is 36.0 Å². The van der Waals surface area contributed by atoms with E-state index in [1.54, 1.807) is 25.3 Å². The van der Waals surface area contributed by atoms with Crippen molar-refractivity contribution in [2.75, 3.05) is 13.7 Å². The van der Waals surface area contributed by atoms with Crippen molar-refractivity contribution in [1.29, 1.82) is 0 Å². The number of hydrogen-bond donors (Lipinski definition) is 2. The van der Waals surface area contributed by atoms with Crippen LogP contribution >= 0.6 is 46.7 Å². The highest BCUT2D eigenvalue weighted by molar-refractivity contribution is 14.0. The van der Waals surface area contributed by atoms with Crippen LogP contribution in [0.15, 0.2) is 11.2 Å². The SMILES string of the molecule is CCOC(=O)c1sc(C(C)NC(=NC)NCc2cnc(C)s2)nc1C.I. The number of esters is 1. The van der Waals surface area contributed by atoms with E-state index in [1.807, 2.05) is 27.0 Å². The third-order valence-electron chi connectivity index (χ3n) is 3.32. The smallest absolute Gasteiger partial charge is 0.350 e. The van der Waals surface area contributed by atoms with Gasteiger partial charge in [-0.3, -0.25) is 4.99 Å². The van der Waals surface area contributed by atoms with Crippen LogP contribution in [-0.2, 0) is 11.3 Å². The Bertz CT molecular complexity index is 760. The van der Waals surface area contributed by atoms with E-state index in [9.17, 15) is 4.79 Å². The molecule has 0 bridgehead atoms. The second-order valence-corrected chi connectivity index (χ2v) is 7.67. The van der Waals surface area contributed by atoms with Crippen LogP contribution in [0.4, 0.5) is 0 Å². The number of ether oxygens (including phenoxy) is 1. The van der Waals surface area contributed by atoms with Crippen molar-refractivity contribution in [1.82, 2.24) is 20.6 Å². The predicted molar refractivity (Wildman–Crippen MR) is 117 cm³/mol. The molecule has 0 aliphatic rings. The summed E-state index contributed by atoms with van der Waals surface area (Å²) in [7, 11) is 1.72. The monoisotopic (exact) mass is 509 g/mol. The number of nitrogens with one attached hydrogen (secondary N) is 2. The maximum Gasteiger partial charge on any atom is 0.350 e. The number of aryl methyl sites for hydroxylation is 2. The molecule has 2 rings (SSSR count). The van der Waals surface area contributed by atoms with Gasteiger partial charge in [0.05, 0.1) is 29.9 Å². The highest BCUT2D eigenvalue weighted by atomic mass is 127. The molecule has 0 saturated heterocycles. The van der Waals surface area contributed by atoms with Gasteiger partial charge in [-0.15, -0.1) is 46.7 Å². The van der Waals surface area contributed by atoms with Crippen LogP contribution in [-0.4, -0.2) is 35.6 Å². The first-order chi connectivity index (χ1) is 11.9. The number of hydrogen-bond acceptors (Lipinski definition) is 7. The first-order valence-corrected chi connectivity index (χ1v) is 9.60. The molecule has 26 heavy (non-hydrogen) atoms. The lowest BCUT2D eigenvalue weighted by Gasteiger charge is -2.15. The zero-order valence-electron chi connectivity index (χ0n) is 15.5. The molecule has 2 heterocycles. The van der Waals surface area contributed by atoms with Crippen molar-refractivity contribution in [2.24, 2.45) is 4.99 Å².